The quantitative estimate of drug-likeness (QED) is 0.643. The van der Waals surface area contributed by atoms with Gasteiger partial charge < -0.3 is 20.1 Å². The predicted octanol–water partition coefficient (Wildman–Crippen LogP) is -0.0889. The molecule has 0 amide bonds. The van der Waals surface area contributed by atoms with E-state index in [4.69, 9.17) is 14.6 Å². The van der Waals surface area contributed by atoms with Crippen LogP contribution in [0, 0.1) is 0 Å². The smallest absolute Gasteiger partial charge is 0.475 e. The summed E-state index contributed by atoms with van der Waals surface area (Å²) < 4.78 is 37.1. The first-order valence-electron chi connectivity index (χ1n) is 5.34. The van der Waals surface area contributed by atoms with Crippen LogP contribution in [0.1, 0.15) is 0 Å². The van der Waals surface area contributed by atoms with Crippen LogP contribution in [-0.2, 0) is 9.53 Å². The predicted molar refractivity (Wildman–Crippen MR) is 56.4 cm³/mol. The number of amidine groups is 1. The van der Waals surface area contributed by atoms with Crippen LogP contribution in [0.3, 0.4) is 0 Å². The molecule has 2 heterocycles. The molecule has 0 aliphatic carbocycles. The summed E-state index contributed by atoms with van der Waals surface area (Å²) in [5.41, 5.74) is 0. The third kappa shape index (κ3) is 4.78. The Balaban J connectivity index is 0.000000203. The van der Waals surface area contributed by atoms with Gasteiger partial charge >= 0.3 is 12.1 Å². The summed E-state index contributed by atoms with van der Waals surface area (Å²) in [5.74, 6) is -2.76. The first-order valence-corrected chi connectivity index (χ1v) is 5.34. The minimum Gasteiger partial charge on any atom is -0.475 e. The Kier molecular flexibility index (Phi) is 5.20. The maximum atomic E-state index is 10.6. The van der Waals surface area contributed by atoms with Crippen molar-refractivity contribution in [2.24, 2.45) is 4.99 Å². The molecule has 2 aliphatic heterocycles. The molecule has 0 unspecified atom stereocenters. The van der Waals surface area contributed by atoms with Crippen LogP contribution in [0.4, 0.5) is 13.2 Å². The topological polar surface area (TPSA) is 74.2 Å². The van der Waals surface area contributed by atoms with Gasteiger partial charge in [-0.3, -0.25) is 0 Å². The van der Waals surface area contributed by atoms with Gasteiger partial charge in [0.05, 0.1) is 6.54 Å². The van der Waals surface area contributed by atoms with E-state index < -0.39 is 12.1 Å². The highest BCUT2D eigenvalue weighted by Crippen LogP contribution is 2.13. The number of halogens is 3. The normalized spacial score (nSPS) is 19.5. The number of hydrogen-bond donors (Lipinski definition) is 2. The van der Waals surface area contributed by atoms with E-state index >= 15 is 0 Å². The van der Waals surface area contributed by atoms with Gasteiger partial charge in [-0.15, -0.1) is 0 Å². The summed E-state index contributed by atoms with van der Waals surface area (Å²) in [4.78, 5) is 15.3. The van der Waals surface area contributed by atoms with Crippen molar-refractivity contribution >= 4 is 12.0 Å². The number of ether oxygens (including phenoxy) is 1. The average molecular weight is 269 g/mol. The zero-order valence-electron chi connectivity index (χ0n) is 9.53. The molecule has 6 nitrogen and oxygen atoms in total. The highest BCUT2D eigenvalue weighted by atomic mass is 19.4. The Hall–Kier alpha value is -1.51. The first-order chi connectivity index (χ1) is 8.41. The highest BCUT2D eigenvalue weighted by Gasteiger charge is 2.38. The fraction of sp³-hybridized carbons (Fsp3) is 0.778. The monoisotopic (exact) mass is 269 g/mol. The zero-order chi connectivity index (χ0) is 13.6. The van der Waals surface area contributed by atoms with Crippen LogP contribution in [0.5, 0.6) is 0 Å². The van der Waals surface area contributed by atoms with E-state index in [1.54, 1.807) is 0 Å². The minimum atomic E-state index is -5.08. The van der Waals surface area contributed by atoms with Crippen molar-refractivity contribution in [3.05, 3.63) is 0 Å². The largest absolute Gasteiger partial charge is 0.490 e. The van der Waals surface area contributed by atoms with Gasteiger partial charge in [-0.05, 0) is 0 Å². The third-order valence-corrected chi connectivity index (χ3v) is 2.20. The lowest BCUT2D eigenvalue weighted by Gasteiger charge is -2.27. The number of hydrogen-bond acceptors (Lipinski definition) is 5. The second-order valence-corrected chi connectivity index (χ2v) is 3.55. The van der Waals surface area contributed by atoms with Crippen molar-refractivity contribution in [1.29, 1.82) is 0 Å². The first kappa shape index (κ1) is 14.6. The van der Waals surface area contributed by atoms with E-state index in [0.717, 1.165) is 45.4 Å². The lowest BCUT2D eigenvalue weighted by atomic mass is 10.4. The van der Waals surface area contributed by atoms with Crippen LogP contribution >= 0.6 is 0 Å². The molecular formula is C9H14F3N3O3. The number of alkyl halides is 3. The van der Waals surface area contributed by atoms with Crippen molar-refractivity contribution in [1.82, 2.24) is 10.2 Å². The SMILES string of the molecule is C1COC(N2CCNCC2)=N1.O=C(O)C(F)(F)F. The molecule has 0 aromatic heterocycles. The van der Waals surface area contributed by atoms with E-state index in [9.17, 15) is 13.2 Å². The number of aliphatic carboxylic acids is 1. The molecule has 0 bridgehead atoms. The number of nitrogens with one attached hydrogen (secondary N) is 1. The number of nitrogens with zero attached hydrogens (tertiary/aromatic N) is 2. The molecule has 2 rings (SSSR count). The molecule has 0 spiro atoms. The fourth-order valence-electron chi connectivity index (χ4n) is 1.37. The molecule has 0 aromatic rings. The Morgan fingerprint density at radius 1 is 1.39 bits per heavy atom. The molecular weight excluding hydrogens is 255 g/mol. The number of piperazine rings is 1. The van der Waals surface area contributed by atoms with Crippen molar-refractivity contribution in [3.63, 3.8) is 0 Å². The van der Waals surface area contributed by atoms with Gasteiger partial charge in [0.25, 0.3) is 6.02 Å². The molecule has 1 fully saturated rings. The maximum absolute atomic E-state index is 10.6. The van der Waals surface area contributed by atoms with E-state index in [1.807, 2.05) is 0 Å². The Bertz CT molecular complexity index is 314. The van der Waals surface area contributed by atoms with Crippen LogP contribution in [-0.4, -0.2) is 67.5 Å². The Morgan fingerprint density at radius 2 is 1.94 bits per heavy atom. The van der Waals surface area contributed by atoms with E-state index in [2.05, 4.69) is 15.2 Å². The van der Waals surface area contributed by atoms with Gasteiger partial charge in [0.1, 0.15) is 6.61 Å². The van der Waals surface area contributed by atoms with Gasteiger partial charge in [0.15, 0.2) is 0 Å². The molecule has 104 valence electrons. The molecule has 0 radical (unpaired) electrons. The number of aliphatic imine (C=N–C) groups is 1. The van der Waals surface area contributed by atoms with Crippen LogP contribution < -0.4 is 5.32 Å². The van der Waals surface area contributed by atoms with Crippen molar-refractivity contribution in [2.75, 3.05) is 39.3 Å². The molecule has 2 aliphatic rings. The summed E-state index contributed by atoms with van der Waals surface area (Å²) in [6, 6.07) is 0.853. The molecule has 18 heavy (non-hydrogen) atoms. The van der Waals surface area contributed by atoms with Crippen LogP contribution in [0.15, 0.2) is 4.99 Å². The number of carboxylic acids is 1. The zero-order valence-corrected chi connectivity index (χ0v) is 9.53. The average Bonchev–Trinajstić information content (AvgIpc) is 2.83. The lowest BCUT2D eigenvalue weighted by molar-refractivity contribution is -0.192. The van der Waals surface area contributed by atoms with Crippen LogP contribution in [0.2, 0.25) is 0 Å². The summed E-state index contributed by atoms with van der Waals surface area (Å²) in [5, 5.41) is 10.4. The Labute approximate surface area is 101 Å². The Morgan fingerprint density at radius 3 is 2.33 bits per heavy atom. The number of carboxylic acid groups (broad SMARTS) is 1. The molecule has 0 saturated carbocycles. The third-order valence-electron chi connectivity index (χ3n) is 2.20. The maximum Gasteiger partial charge on any atom is 0.490 e. The molecule has 1 saturated heterocycles. The van der Waals surface area contributed by atoms with Crippen molar-refractivity contribution in [3.8, 4) is 0 Å². The fourth-order valence-corrected chi connectivity index (χ4v) is 1.37. The van der Waals surface area contributed by atoms with E-state index in [1.165, 1.54) is 0 Å². The molecule has 0 atom stereocenters. The van der Waals surface area contributed by atoms with Crippen molar-refractivity contribution in [2.45, 2.75) is 6.18 Å². The van der Waals surface area contributed by atoms with Gasteiger partial charge in [-0.1, -0.05) is 0 Å². The summed E-state index contributed by atoms with van der Waals surface area (Å²) in [6.45, 7) is 5.74. The summed E-state index contributed by atoms with van der Waals surface area (Å²) in [7, 11) is 0. The standard InChI is InChI=1S/C7H13N3O.C2HF3O2/c1-4-10(5-2-8-1)7-9-3-6-11-7;3-2(4,5)1(6)7/h8H,1-6H2;(H,6,7). The second kappa shape index (κ2) is 6.43. The second-order valence-electron chi connectivity index (χ2n) is 3.55. The number of carbonyl (C=O) groups is 1. The molecule has 9 heteroatoms. The van der Waals surface area contributed by atoms with Gasteiger partial charge in [-0.2, -0.15) is 13.2 Å². The lowest BCUT2D eigenvalue weighted by Crippen LogP contribution is -2.46. The van der Waals surface area contributed by atoms with E-state index in [0.29, 0.717) is 0 Å². The molecule has 2 N–H and O–H groups in total. The molecule has 0 aromatic carbocycles. The number of rotatable bonds is 0. The van der Waals surface area contributed by atoms with Crippen LogP contribution in [0.25, 0.3) is 0 Å². The van der Waals surface area contributed by atoms with Gasteiger partial charge in [0.2, 0.25) is 0 Å². The van der Waals surface area contributed by atoms with Gasteiger partial charge in [-0.25, -0.2) is 9.79 Å². The summed E-state index contributed by atoms with van der Waals surface area (Å²) >= 11 is 0. The summed E-state index contributed by atoms with van der Waals surface area (Å²) in [6.07, 6.45) is -5.08. The van der Waals surface area contributed by atoms with Gasteiger partial charge in [0, 0.05) is 26.2 Å². The van der Waals surface area contributed by atoms with Crippen molar-refractivity contribution < 1.29 is 27.8 Å². The highest BCUT2D eigenvalue weighted by molar-refractivity contribution is 5.75. The van der Waals surface area contributed by atoms with E-state index in [-0.39, 0.29) is 0 Å². The minimum absolute atomic E-state index is 0.763.